The zero-order valence-electron chi connectivity index (χ0n) is 14.4. The first kappa shape index (κ1) is 17.4. The van der Waals surface area contributed by atoms with Gasteiger partial charge in [-0.25, -0.2) is 4.79 Å². The highest BCUT2D eigenvalue weighted by molar-refractivity contribution is 5.98. The van der Waals surface area contributed by atoms with Gasteiger partial charge in [-0.2, -0.15) is 0 Å². The number of carbonyl (C=O) groups excluding carboxylic acids is 2. The summed E-state index contributed by atoms with van der Waals surface area (Å²) in [5, 5.41) is 2.81. The van der Waals surface area contributed by atoms with Gasteiger partial charge in [0.2, 0.25) is 6.10 Å². The fourth-order valence-electron chi connectivity index (χ4n) is 2.49. The van der Waals surface area contributed by atoms with Crippen LogP contribution in [0.3, 0.4) is 0 Å². The van der Waals surface area contributed by atoms with Crippen molar-refractivity contribution in [2.24, 2.45) is 0 Å². The van der Waals surface area contributed by atoms with Crippen LogP contribution in [-0.2, 0) is 9.53 Å². The van der Waals surface area contributed by atoms with Gasteiger partial charge in [0.25, 0.3) is 5.91 Å². The molecule has 4 heteroatoms. The second-order valence-electron chi connectivity index (χ2n) is 5.92. The first-order chi connectivity index (χ1) is 12.6. The highest BCUT2D eigenvalue weighted by Gasteiger charge is 2.25. The second kappa shape index (κ2) is 8.12. The molecule has 0 aliphatic carbocycles. The lowest BCUT2D eigenvalue weighted by molar-refractivity contribution is -0.125. The zero-order valence-corrected chi connectivity index (χ0v) is 14.4. The Balaban J connectivity index is 1.82. The maximum atomic E-state index is 12.8. The van der Waals surface area contributed by atoms with Crippen LogP contribution < -0.4 is 5.32 Å². The molecule has 4 nitrogen and oxygen atoms in total. The number of benzene rings is 3. The van der Waals surface area contributed by atoms with E-state index in [-0.39, 0.29) is 0 Å². The number of carbonyl (C=O) groups is 2. The molecule has 3 aromatic rings. The molecule has 1 N–H and O–H groups in total. The van der Waals surface area contributed by atoms with Gasteiger partial charge in [-0.3, -0.25) is 4.79 Å². The summed E-state index contributed by atoms with van der Waals surface area (Å²) < 4.78 is 5.53. The number of esters is 1. The Bertz CT molecular complexity index is 874. The highest BCUT2D eigenvalue weighted by atomic mass is 16.5. The van der Waals surface area contributed by atoms with Crippen LogP contribution in [-0.4, -0.2) is 11.9 Å². The van der Waals surface area contributed by atoms with Gasteiger partial charge in [0.15, 0.2) is 0 Å². The van der Waals surface area contributed by atoms with Gasteiger partial charge in [0.1, 0.15) is 0 Å². The van der Waals surface area contributed by atoms with Crippen LogP contribution in [0.2, 0.25) is 0 Å². The zero-order chi connectivity index (χ0) is 18.4. The largest absolute Gasteiger partial charge is 0.444 e. The molecule has 0 aromatic heterocycles. The normalized spacial score (nSPS) is 11.4. The van der Waals surface area contributed by atoms with Crippen molar-refractivity contribution in [2.45, 2.75) is 13.0 Å². The van der Waals surface area contributed by atoms with Crippen molar-refractivity contribution in [3.8, 4) is 0 Å². The third-order valence-corrected chi connectivity index (χ3v) is 3.89. The van der Waals surface area contributed by atoms with Crippen molar-refractivity contribution >= 4 is 17.6 Å². The first-order valence-corrected chi connectivity index (χ1v) is 8.32. The number of rotatable bonds is 5. The third kappa shape index (κ3) is 4.36. The number of aryl methyl sites for hydroxylation is 1. The van der Waals surface area contributed by atoms with Crippen molar-refractivity contribution in [1.29, 1.82) is 0 Å². The topological polar surface area (TPSA) is 55.4 Å². The van der Waals surface area contributed by atoms with Crippen LogP contribution in [0.15, 0.2) is 84.9 Å². The van der Waals surface area contributed by atoms with E-state index >= 15 is 0 Å². The molecule has 3 aromatic carbocycles. The molecule has 0 saturated heterocycles. The molecule has 1 unspecified atom stereocenters. The molecule has 26 heavy (non-hydrogen) atoms. The lowest BCUT2D eigenvalue weighted by Crippen LogP contribution is -2.26. The standard InChI is InChI=1S/C22H19NO3/c1-16-12-14-19(15-13-16)23-21(24)20(17-8-4-2-5-9-17)26-22(25)18-10-6-3-7-11-18/h2-15,20H,1H3,(H,23,24). The number of hydrogen-bond donors (Lipinski definition) is 1. The van der Waals surface area contributed by atoms with Crippen molar-refractivity contribution in [3.05, 3.63) is 102 Å². The minimum absolute atomic E-state index is 0.399. The summed E-state index contributed by atoms with van der Waals surface area (Å²) >= 11 is 0. The van der Waals surface area contributed by atoms with Gasteiger partial charge in [-0.05, 0) is 31.2 Å². The summed E-state index contributed by atoms with van der Waals surface area (Å²) in [5.74, 6) is -0.942. The van der Waals surface area contributed by atoms with Crippen LogP contribution in [0.1, 0.15) is 27.6 Å². The van der Waals surface area contributed by atoms with Crippen molar-refractivity contribution in [3.63, 3.8) is 0 Å². The quantitative estimate of drug-likeness (QED) is 0.691. The van der Waals surface area contributed by atoms with Gasteiger partial charge < -0.3 is 10.1 Å². The van der Waals surface area contributed by atoms with Gasteiger partial charge in [0.05, 0.1) is 5.56 Å². The molecule has 0 spiro atoms. The van der Waals surface area contributed by atoms with E-state index in [4.69, 9.17) is 4.74 Å². The molecule has 130 valence electrons. The van der Waals surface area contributed by atoms with E-state index in [2.05, 4.69) is 5.32 Å². The number of ether oxygens (including phenoxy) is 1. The van der Waals surface area contributed by atoms with Crippen molar-refractivity contribution in [1.82, 2.24) is 0 Å². The average molecular weight is 345 g/mol. The Kier molecular flexibility index (Phi) is 5.44. The summed E-state index contributed by atoms with van der Waals surface area (Å²) in [6, 6.07) is 25.0. The fraction of sp³-hybridized carbons (Fsp3) is 0.0909. The molecule has 0 aliphatic heterocycles. The Morgan fingerprint density at radius 3 is 2.00 bits per heavy atom. The third-order valence-electron chi connectivity index (χ3n) is 3.89. The lowest BCUT2D eigenvalue weighted by atomic mass is 10.1. The molecule has 1 atom stereocenters. The summed E-state index contributed by atoms with van der Waals surface area (Å²) in [5.41, 5.74) is 2.76. The van der Waals surface area contributed by atoms with Gasteiger partial charge in [0, 0.05) is 11.3 Å². The lowest BCUT2D eigenvalue weighted by Gasteiger charge is -2.18. The molecular formula is C22H19NO3. The van der Waals surface area contributed by atoms with Crippen LogP contribution >= 0.6 is 0 Å². The maximum absolute atomic E-state index is 12.8. The highest BCUT2D eigenvalue weighted by Crippen LogP contribution is 2.22. The van der Waals surface area contributed by atoms with E-state index in [0.717, 1.165) is 5.56 Å². The van der Waals surface area contributed by atoms with Gasteiger partial charge in [-0.1, -0.05) is 66.2 Å². The molecule has 0 aliphatic rings. The number of hydrogen-bond acceptors (Lipinski definition) is 3. The average Bonchev–Trinajstić information content (AvgIpc) is 2.69. The fourth-order valence-corrected chi connectivity index (χ4v) is 2.49. The van der Waals surface area contributed by atoms with Gasteiger partial charge in [-0.15, -0.1) is 0 Å². The van der Waals surface area contributed by atoms with E-state index in [9.17, 15) is 9.59 Å². The van der Waals surface area contributed by atoms with Crippen molar-refractivity contribution < 1.29 is 14.3 Å². The molecule has 0 bridgehead atoms. The SMILES string of the molecule is Cc1ccc(NC(=O)C(OC(=O)c2ccccc2)c2ccccc2)cc1. The molecule has 0 heterocycles. The summed E-state index contributed by atoms with van der Waals surface area (Å²) in [4.78, 5) is 25.2. The molecule has 0 fully saturated rings. The smallest absolute Gasteiger partial charge is 0.339 e. The van der Waals surface area contributed by atoms with E-state index < -0.39 is 18.0 Å². The Hall–Kier alpha value is -3.40. The minimum Gasteiger partial charge on any atom is -0.444 e. The number of anilines is 1. The molecule has 3 rings (SSSR count). The predicted octanol–water partition coefficient (Wildman–Crippen LogP) is 4.53. The molecule has 1 amide bonds. The number of nitrogens with one attached hydrogen (secondary N) is 1. The van der Waals surface area contributed by atoms with Crippen LogP contribution in [0.25, 0.3) is 0 Å². The van der Waals surface area contributed by atoms with E-state index in [1.54, 1.807) is 48.5 Å². The number of amides is 1. The summed E-state index contributed by atoms with van der Waals surface area (Å²) in [6.45, 7) is 1.97. The molecule has 0 saturated carbocycles. The van der Waals surface area contributed by atoms with Crippen LogP contribution in [0, 0.1) is 6.92 Å². The van der Waals surface area contributed by atoms with E-state index in [1.165, 1.54) is 0 Å². The van der Waals surface area contributed by atoms with Crippen molar-refractivity contribution in [2.75, 3.05) is 5.32 Å². The van der Waals surface area contributed by atoms with Crippen LogP contribution in [0.4, 0.5) is 5.69 Å². The molecule has 0 radical (unpaired) electrons. The monoisotopic (exact) mass is 345 g/mol. The Morgan fingerprint density at radius 1 is 0.808 bits per heavy atom. The summed E-state index contributed by atoms with van der Waals surface area (Å²) in [7, 11) is 0. The maximum Gasteiger partial charge on any atom is 0.339 e. The summed E-state index contributed by atoms with van der Waals surface area (Å²) in [6.07, 6.45) is -1.04. The van der Waals surface area contributed by atoms with E-state index in [0.29, 0.717) is 16.8 Å². The first-order valence-electron chi connectivity index (χ1n) is 8.32. The predicted molar refractivity (Wildman–Crippen MR) is 101 cm³/mol. The Morgan fingerprint density at radius 2 is 1.38 bits per heavy atom. The van der Waals surface area contributed by atoms with Gasteiger partial charge >= 0.3 is 5.97 Å². The second-order valence-corrected chi connectivity index (χ2v) is 5.92. The van der Waals surface area contributed by atoms with Crippen LogP contribution in [0.5, 0.6) is 0 Å². The van der Waals surface area contributed by atoms with E-state index in [1.807, 2.05) is 43.3 Å². The minimum atomic E-state index is -1.04. The molecular weight excluding hydrogens is 326 g/mol. The Labute approximate surface area is 152 Å².